The van der Waals surface area contributed by atoms with E-state index in [4.69, 9.17) is 0 Å². The van der Waals surface area contributed by atoms with Crippen LogP contribution in [0.5, 0.6) is 0 Å². The van der Waals surface area contributed by atoms with Gasteiger partial charge in [-0.1, -0.05) is 0 Å². The van der Waals surface area contributed by atoms with Crippen molar-refractivity contribution >= 4 is 0 Å². The zero-order valence-corrected chi connectivity index (χ0v) is 5.16. The number of ether oxygens (including phenoxy) is 1. The Kier molecular flexibility index (Phi) is 3.61. The van der Waals surface area contributed by atoms with Gasteiger partial charge in [0.25, 0.3) is 0 Å². The molecule has 0 amide bonds. The van der Waals surface area contributed by atoms with Crippen molar-refractivity contribution in [3.05, 3.63) is 0 Å². The first-order chi connectivity index (χ1) is 4.06. The molecular formula is C5H9F3O. The molecule has 0 aliphatic rings. The van der Waals surface area contributed by atoms with Crippen LogP contribution in [0.15, 0.2) is 0 Å². The van der Waals surface area contributed by atoms with Crippen LogP contribution in [0, 0.1) is 0 Å². The Balaban J connectivity index is 3.07. The molecular weight excluding hydrogens is 133 g/mol. The number of halogens is 3. The van der Waals surface area contributed by atoms with Gasteiger partial charge in [0.2, 0.25) is 0 Å². The van der Waals surface area contributed by atoms with Gasteiger partial charge in [0.1, 0.15) is 0 Å². The highest BCUT2D eigenvalue weighted by molar-refractivity contribution is 4.39. The summed E-state index contributed by atoms with van der Waals surface area (Å²) >= 11 is 0. The molecule has 0 aromatic rings. The Morgan fingerprint density at radius 1 is 1.44 bits per heavy atom. The van der Waals surface area contributed by atoms with Gasteiger partial charge in [-0.2, -0.15) is 8.78 Å². The van der Waals surface area contributed by atoms with E-state index in [1.807, 2.05) is 0 Å². The molecule has 0 saturated heterocycles. The second-order valence-electron chi connectivity index (χ2n) is 1.70. The molecule has 0 aromatic carbocycles. The largest absolute Gasteiger partial charge is 0.352 e. The molecule has 0 aromatic heterocycles. The van der Waals surface area contributed by atoms with Gasteiger partial charge in [0, 0.05) is 6.92 Å². The predicted octanol–water partition coefficient (Wildman–Crippen LogP) is 1.98. The topological polar surface area (TPSA) is 9.23 Å². The van der Waals surface area contributed by atoms with Crippen LogP contribution >= 0.6 is 0 Å². The number of alkyl halides is 3. The first kappa shape index (κ1) is 8.75. The van der Waals surface area contributed by atoms with Gasteiger partial charge in [-0.3, -0.25) is 4.39 Å². The molecule has 4 heteroatoms. The molecule has 0 aliphatic heterocycles. The van der Waals surface area contributed by atoms with E-state index in [1.54, 1.807) is 0 Å². The summed E-state index contributed by atoms with van der Waals surface area (Å²) in [5, 5.41) is 0. The highest BCUT2D eigenvalue weighted by Gasteiger charge is 2.20. The standard InChI is InChI=1S/C5H9F3O/c1-5(7,8)9-4-2-3-6/h2-4H2,1H3. The Morgan fingerprint density at radius 3 is 2.33 bits per heavy atom. The number of hydrogen-bond acceptors (Lipinski definition) is 1. The van der Waals surface area contributed by atoms with Crippen molar-refractivity contribution in [1.29, 1.82) is 0 Å². The third-order valence-electron chi connectivity index (χ3n) is 0.633. The molecule has 0 fully saturated rings. The summed E-state index contributed by atoms with van der Waals surface area (Å²) in [4.78, 5) is 0. The maximum Gasteiger partial charge on any atom is 0.352 e. The summed E-state index contributed by atoms with van der Waals surface area (Å²) in [5.41, 5.74) is 0. The lowest BCUT2D eigenvalue weighted by Gasteiger charge is -2.09. The van der Waals surface area contributed by atoms with Gasteiger partial charge in [-0.15, -0.1) is 0 Å². The van der Waals surface area contributed by atoms with Crippen molar-refractivity contribution < 1.29 is 17.9 Å². The van der Waals surface area contributed by atoms with Gasteiger partial charge in [-0.05, 0) is 6.42 Å². The summed E-state index contributed by atoms with van der Waals surface area (Å²) in [6.07, 6.45) is -3.08. The van der Waals surface area contributed by atoms with Gasteiger partial charge >= 0.3 is 6.11 Å². The fraction of sp³-hybridized carbons (Fsp3) is 1.00. The van der Waals surface area contributed by atoms with Crippen LogP contribution in [0.1, 0.15) is 13.3 Å². The lowest BCUT2D eigenvalue weighted by Crippen LogP contribution is -2.16. The molecule has 0 rings (SSSR count). The van der Waals surface area contributed by atoms with Gasteiger partial charge < -0.3 is 4.74 Å². The zero-order chi connectivity index (χ0) is 7.33. The minimum Gasteiger partial charge on any atom is -0.321 e. The molecule has 9 heavy (non-hydrogen) atoms. The lowest BCUT2D eigenvalue weighted by atomic mass is 10.5. The molecule has 0 N–H and O–H groups in total. The summed E-state index contributed by atoms with van der Waals surface area (Å²) < 4.78 is 38.5. The predicted molar refractivity (Wildman–Crippen MR) is 27.2 cm³/mol. The van der Waals surface area contributed by atoms with Crippen molar-refractivity contribution in [3.63, 3.8) is 0 Å². The van der Waals surface area contributed by atoms with Crippen LogP contribution in [-0.2, 0) is 4.74 Å². The monoisotopic (exact) mass is 142 g/mol. The van der Waals surface area contributed by atoms with Crippen LogP contribution in [0.4, 0.5) is 13.2 Å². The van der Waals surface area contributed by atoms with Gasteiger partial charge in [0.15, 0.2) is 0 Å². The molecule has 0 spiro atoms. The molecule has 0 unspecified atom stereocenters. The van der Waals surface area contributed by atoms with Gasteiger partial charge in [-0.25, -0.2) is 0 Å². The molecule has 0 heterocycles. The smallest absolute Gasteiger partial charge is 0.321 e. The van der Waals surface area contributed by atoms with E-state index in [-0.39, 0.29) is 13.0 Å². The van der Waals surface area contributed by atoms with E-state index in [0.29, 0.717) is 6.92 Å². The van der Waals surface area contributed by atoms with E-state index >= 15 is 0 Å². The second kappa shape index (κ2) is 3.71. The summed E-state index contributed by atoms with van der Waals surface area (Å²) in [5.74, 6) is 0. The Hall–Kier alpha value is -0.250. The minimum atomic E-state index is -3.12. The van der Waals surface area contributed by atoms with E-state index in [2.05, 4.69) is 4.74 Å². The van der Waals surface area contributed by atoms with Gasteiger partial charge in [0.05, 0.1) is 13.3 Å². The van der Waals surface area contributed by atoms with Crippen LogP contribution in [0.25, 0.3) is 0 Å². The number of hydrogen-bond donors (Lipinski definition) is 0. The first-order valence-corrected chi connectivity index (χ1v) is 2.64. The van der Waals surface area contributed by atoms with Crippen molar-refractivity contribution in [2.24, 2.45) is 0 Å². The Morgan fingerprint density at radius 2 is 2.00 bits per heavy atom. The average molecular weight is 142 g/mol. The molecule has 0 bridgehead atoms. The summed E-state index contributed by atoms with van der Waals surface area (Å²) in [6.45, 7) is -0.207. The fourth-order valence-electron chi connectivity index (χ4n) is 0.306. The van der Waals surface area contributed by atoms with Crippen LogP contribution in [0.2, 0.25) is 0 Å². The van der Waals surface area contributed by atoms with Crippen molar-refractivity contribution in [2.75, 3.05) is 13.3 Å². The molecule has 0 radical (unpaired) electrons. The van der Waals surface area contributed by atoms with Crippen molar-refractivity contribution in [2.45, 2.75) is 19.5 Å². The third-order valence-corrected chi connectivity index (χ3v) is 0.633. The van der Waals surface area contributed by atoms with E-state index < -0.39 is 12.8 Å². The van der Waals surface area contributed by atoms with E-state index in [9.17, 15) is 13.2 Å². The normalized spacial score (nSPS) is 12.0. The van der Waals surface area contributed by atoms with Crippen LogP contribution in [-0.4, -0.2) is 19.4 Å². The first-order valence-electron chi connectivity index (χ1n) is 2.64. The van der Waals surface area contributed by atoms with E-state index in [1.165, 1.54) is 0 Å². The van der Waals surface area contributed by atoms with Crippen molar-refractivity contribution in [3.8, 4) is 0 Å². The Bertz CT molecular complexity index is 69.1. The molecule has 0 atom stereocenters. The maximum atomic E-state index is 11.7. The lowest BCUT2D eigenvalue weighted by molar-refractivity contribution is -0.224. The highest BCUT2D eigenvalue weighted by atomic mass is 19.3. The van der Waals surface area contributed by atoms with Crippen LogP contribution < -0.4 is 0 Å². The molecule has 0 aliphatic carbocycles. The second-order valence-corrected chi connectivity index (χ2v) is 1.70. The van der Waals surface area contributed by atoms with Crippen molar-refractivity contribution in [1.82, 2.24) is 0 Å². The highest BCUT2D eigenvalue weighted by Crippen LogP contribution is 2.12. The maximum absolute atomic E-state index is 11.7. The number of rotatable bonds is 4. The third kappa shape index (κ3) is 7.75. The molecule has 0 saturated carbocycles. The molecule has 56 valence electrons. The van der Waals surface area contributed by atoms with Crippen LogP contribution in [0.3, 0.4) is 0 Å². The minimum absolute atomic E-state index is 0.0312. The quantitative estimate of drug-likeness (QED) is 0.545. The SMILES string of the molecule is CC(F)(F)OCCCF. The molecule has 1 nitrogen and oxygen atoms in total. The fourth-order valence-corrected chi connectivity index (χ4v) is 0.306. The zero-order valence-electron chi connectivity index (χ0n) is 5.16. The Labute approximate surface area is 51.8 Å². The average Bonchev–Trinajstić information content (AvgIpc) is 1.63. The van der Waals surface area contributed by atoms with E-state index in [0.717, 1.165) is 0 Å². The summed E-state index contributed by atoms with van der Waals surface area (Å²) in [6, 6.07) is 0. The summed E-state index contributed by atoms with van der Waals surface area (Å²) in [7, 11) is 0.